The van der Waals surface area contributed by atoms with Gasteiger partial charge < -0.3 is 14.9 Å². The predicted octanol–water partition coefficient (Wildman–Crippen LogP) is 3.80. The van der Waals surface area contributed by atoms with E-state index in [1.165, 1.54) is 18.6 Å². The Kier molecular flexibility index (Phi) is 6.09. The molecule has 1 aromatic carbocycles. The minimum absolute atomic E-state index is 0.0706. The maximum Gasteiger partial charge on any atom is 0.257 e. The number of aliphatic hydroxyl groups is 1. The lowest BCUT2D eigenvalue weighted by Gasteiger charge is -2.36. The van der Waals surface area contributed by atoms with Crippen LogP contribution in [0.1, 0.15) is 54.1 Å². The van der Waals surface area contributed by atoms with Gasteiger partial charge in [-0.1, -0.05) is 12.1 Å². The zero-order chi connectivity index (χ0) is 20.2. The first kappa shape index (κ1) is 19.8. The predicted molar refractivity (Wildman–Crippen MR) is 110 cm³/mol. The number of benzene rings is 1. The van der Waals surface area contributed by atoms with Crippen LogP contribution in [-0.2, 0) is 0 Å². The Labute approximate surface area is 171 Å². The van der Waals surface area contributed by atoms with Crippen LogP contribution in [0, 0.1) is 11.7 Å². The minimum Gasteiger partial charge on any atom is -0.388 e. The van der Waals surface area contributed by atoms with Crippen molar-refractivity contribution in [3.05, 3.63) is 59.5 Å². The van der Waals surface area contributed by atoms with Gasteiger partial charge in [0.1, 0.15) is 11.6 Å². The lowest BCUT2D eigenvalue weighted by atomic mass is 9.87. The number of rotatable bonds is 4. The molecule has 2 aliphatic rings. The van der Waals surface area contributed by atoms with E-state index in [2.05, 4.69) is 9.88 Å². The number of aliphatic hydroxyl groups excluding tert-OH is 1. The quantitative estimate of drug-likeness (QED) is 0.853. The maximum absolute atomic E-state index is 13.1. The first-order valence-electron chi connectivity index (χ1n) is 10.6. The Bertz CT molecular complexity index is 828. The van der Waals surface area contributed by atoms with Crippen LogP contribution < -0.4 is 4.90 Å². The van der Waals surface area contributed by atoms with E-state index in [0.717, 1.165) is 63.2 Å². The second kappa shape index (κ2) is 8.91. The number of anilines is 1. The zero-order valence-corrected chi connectivity index (χ0v) is 16.6. The molecule has 2 fully saturated rings. The molecule has 0 bridgehead atoms. The molecule has 5 nitrogen and oxygen atoms in total. The fourth-order valence-corrected chi connectivity index (χ4v) is 4.44. The van der Waals surface area contributed by atoms with E-state index in [4.69, 9.17) is 0 Å². The van der Waals surface area contributed by atoms with E-state index in [-0.39, 0.29) is 17.6 Å². The minimum atomic E-state index is -0.601. The molecule has 6 heteroatoms. The number of amides is 1. The van der Waals surface area contributed by atoms with Crippen LogP contribution in [0.15, 0.2) is 42.6 Å². The van der Waals surface area contributed by atoms with Crippen LogP contribution in [0.3, 0.4) is 0 Å². The fourth-order valence-electron chi connectivity index (χ4n) is 4.44. The highest BCUT2D eigenvalue weighted by Crippen LogP contribution is 2.33. The Morgan fingerprint density at radius 3 is 2.41 bits per heavy atom. The number of halogens is 1. The van der Waals surface area contributed by atoms with Crippen molar-refractivity contribution in [2.24, 2.45) is 5.92 Å². The third-order valence-corrected chi connectivity index (χ3v) is 6.16. The highest BCUT2D eigenvalue weighted by molar-refractivity contribution is 5.99. The van der Waals surface area contributed by atoms with Crippen molar-refractivity contribution in [1.29, 1.82) is 0 Å². The maximum atomic E-state index is 13.1. The average Bonchev–Trinajstić information content (AvgIpc) is 2.79. The van der Waals surface area contributed by atoms with Crippen LogP contribution >= 0.6 is 0 Å². The molecule has 2 saturated heterocycles. The summed E-state index contributed by atoms with van der Waals surface area (Å²) in [6.07, 6.45) is 6.05. The molecule has 0 saturated carbocycles. The molecule has 0 spiro atoms. The molecule has 2 aromatic rings. The number of pyridine rings is 1. The van der Waals surface area contributed by atoms with E-state index in [1.807, 2.05) is 17.0 Å². The van der Waals surface area contributed by atoms with Gasteiger partial charge in [-0.05, 0) is 67.9 Å². The molecule has 154 valence electrons. The molecule has 0 aliphatic carbocycles. The average molecular weight is 397 g/mol. The van der Waals surface area contributed by atoms with Crippen molar-refractivity contribution >= 4 is 11.7 Å². The summed E-state index contributed by atoms with van der Waals surface area (Å²) in [5, 5.41) is 10.7. The summed E-state index contributed by atoms with van der Waals surface area (Å²) >= 11 is 0. The summed E-state index contributed by atoms with van der Waals surface area (Å²) in [7, 11) is 0. The highest BCUT2D eigenvalue weighted by atomic mass is 19.1. The van der Waals surface area contributed by atoms with Crippen molar-refractivity contribution in [3.8, 4) is 0 Å². The van der Waals surface area contributed by atoms with Gasteiger partial charge in [0, 0.05) is 32.4 Å². The highest BCUT2D eigenvalue weighted by Gasteiger charge is 2.29. The number of nitrogens with zero attached hydrogens (tertiary/aromatic N) is 3. The molecule has 1 amide bonds. The summed E-state index contributed by atoms with van der Waals surface area (Å²) in [6, 6.07) is 9.78. The van der Waals surface area contributed by atoms with E-state index >= 15 is 0 Å². The number of aromatic nitrogens is 1. The van der Waals surface area contributed by atoms with Crippen LogP contribution in [0.4, 0.5) is 10.2 Å². The van der Waals surface area contributed by atoms with E-state index in [1.54, 1.807) is 18.3 Å². The first-order valence-corrected chi connectivity index (χ1v) is 10.6. The molecular formula is C23H28FN3O2. The molecule has 1 unspecified atom stereocenters. The molecule has 29 heavy (non-hydrogen) atoms. The van der Waals surface area contributed by atoms with Crippen molar-refractivity contribution in [3.63, 3.8) is 0 Å². The molecule has 0 radical (unpaired) electrons. The van der Waals surface area contributed by atoms with Crippen molar-refractivity contribution < 1.29 is 14.3 Å². The van der Waals surface area contributed by atoms with Crippen molar-refractivity contribution in [2.75, 3.05) is 31.1 Å². The number of carbonyl (C=O) groups is 1. The fraction of sp³-hybridized carbons (Fsp3) is 0.478. The van der Waals surface area contributed by atoms with Gasteiger partial charge >= 0.3 is 0 Å². The van der Waals surface area contributed by atoms with Gasteiger partial charge in [0.25, 0.3) is 5.91 Å². The monoisotopic (exact) mass is 397 g/mol. The van der Waals surface area contributed by atoms with Gasteiger partial charge in [0.05, 0.1) is 11.7 Å². The number of likely N-dealkylation sites (tertiary alicyclic amines) is 1. The molecule has 2 aliphatic heterocycles. The first-order chi connectivity index (χ1) is 14.1. The third-order valence-electron chi connectivity index (χ3n) is 6.16. The zero-order valence-electron chi connectivity index (χ0n) is 16.6. The molecule has 1 N–H and O–H groups in total. The molecule has 1 atom stereocenters. The topological polar surface area (TPSA) is 56.7 Å². The van der Waals surface area contributed by atoms with E-state index in [9.17, 15) is 14.3 Å². The number of piperidine rings is 2. The lowest BCUT2D eigenvalue weighted by molar-refractivity contribution is 0.0723. The molecular weight excluding hydrogens is 369 g/mol. The summed E-state index contributed by atoms with van der Waals surface area (Å²) in [5.41, 5.74) is 1.43. The summed E-state index contributed by atoms with van der Waals surface area (Å²) < 4.78 is 13.1. The van der Waals surface area contributed by atoms with Gasteiger partial charge in [-0.3, -0.25) is 4.79 Å². The van der Waals surface area contributed by atoms with Gasteiger partial charge in [-0.2, -0.15) is 0 Å². The van der Waals surface area contributed by atoms with Crippen molar-refractivity contribution in [2.45, 2.75) is 38.2 Å². The lowest BCUT2D eigenvalue weighted by Crippen LogP contribution is -2.39. The Morgan fingerprint density at radius 1 is 1.03 bits per heavy atom. The Hall–Kier alpha value is -2.47. The molecule has 3 heterocycles. The Morgan fingerprint density at radius 2 is 1.72 bits per heavy atom. The van der Waals surface area contributed by atoms with E-state index in [0.29, 0.717) is 5.56 Å². The SMILES string of the molecule is O=C(c1cccnc1N1CCC(C(O)c2ccc(F)cc2)CC1)N1CCCCC1. The second-order valence-electron chi connectivity index (χ2n) is 8.05. The van der Waals surface area contributed by atoms with Gasteiger partial charge in [-0.15, -0.1) is 0 Å². The largest absolute Gasteiger partial charge is 0.388 e. The van der Waals surface area contributed by atoms with E-state index < -0.39 is 6.10 Å². The standard InChI is InChI=1S/C23H28FN3O2/c24-19-8-6-17(7-9-19)21(28)18-10-15-26(16-11-18)22-20(5-4-12-25-22)23(29)27-13-2-1-3-14-27/h4-9,12,18,21,28H,1-3,10-11,13-16H2. The van der Waals surface area contributed by atoms with Crippen molar-refractivity contribution in [1.82, 2.24) is 9.88 Å². The summed E-state index contributed by atoms with van der Waals surface area (Å²) in [6.45, 7) is 3.11. The third kappa shape index (κ3) is 4.42. The molecule has 4 rings (SSSR count). The van der Waals surface area contributed by atoms with Gasteiger partial charge in [-0.25, -0.2) is 9.37 Å². The number of carbonyl (C=O) groups excluding carboxylic acids is 1. The number of hydrogen-bond donors (Lipinski definition) is 1. The summed E-state index contributed by atoms with van der Waals surface area (Å²) in [5.74, 6) is 0.637. The molecule has 1 aromatic heterocycles. The van der Waals surface area contributed by atoms with Gasteiger partial charge in [0.15, 0.2) is 0 Å². The second-order valence-corrected chi connectivity index (χ2v) is 8.05. The van der Waals surface area contributed by atoms with Crippen LogP contribution in [0.2, 0.25) is 0 Å². The smallest absolute Gasteiger partial charge is 0.257 e. The number of hydrogen-bond acceptors (Lipinski definition) is 4. The Balaban J connectivity index is 1.43. The normalized spacial score (nSPS) is 19.2. The summed E-state index contributed by atoms with van der Waals surface area (Å²) in [4.78, 5) is 21.7. The van der Waals surface area contributed by atoms with Crippen LogP contribution in [-0.4, -0.2) is 47.1 Å². The van der Waals surface area contributed by atoms with Gasteiger partial charge in [0.2, 0.25) is 0 Å². The van der Waals surface area contributed by atoms with Crippen LogP contribution in [0.5, 0.6) is 0 Å². The van der Waals surface area contributed by atoms with Crippen LogP contribution in [0.25, 0.3) is 0 Å².